The highest BCUT2D eigenvalue weighted by atomic mass is 32.2. The van der Waals surface area contributed by atoms with Crippen LogP contribution in [0.1, 0.15) is 44.0 Å². The van der Waals surface area contributed by atoms with Gasteiger partial charge in [0.25, 0.3) is 5.91 Å². The van der Waals surface area contributed by atoms with Crippen molar-refractivity contribution in [2.24, 2.45) is 5.92 Å². The monoisotopic (exact) mass is 386 g/mol. The summed E-state index contributed by atoms with van der Waals surface area (Å²) in [5, 5.41) is 2.84. The highest BCUT2D eigenvalue weighted by Gasteiger charge is 2.29. The maximum absolute atomic E-state index is 14.2. The van der Waals surface area contributed by atoms with Crippen LogP contribution in [0.2, 0.25) is 0 Å². The minimum absolute atomic E-state index is 0.0470. The van der Waals surface area contributed by atoms with E-state index in [9.17, 15) is 17.6 Å². The number of morpholine rings is 1. The number of carbonyl (C=O) groups is 1. The van der Waals surface area contributed by atoms with E-state index in [4.69, 9.17) is 4.74 Å². The van der Waals surface area contributed by atoms with Gasteiger partial charge in [-0.2, -0.15) is 4.31 Å². The SMILES string of the molecule is CC(C)CCC(C)NC(=O)c1ccc(F)c(S(=O)(=O)N2CCOCC2)c1. The second-order valence-electron chi connectivity index (χ2n) is 7.01. The minimum atomic E-state index is -4.00. The van der Waals surface area contributed by atoms with Crippen LogP contribution in [0.3, 0.4) is 0 Å². The first-order valence-corrected chi connectivity index (χ1v) is 10.3. The molecule has 8 heteroatoms. The van der Waals surface area contributed by atoms with Gasteiger partial charge in [0.2, 0.25) is 10.0 Å². The number of amides is 1. The van der Waals surface area contributed by atoms with E-state index in [1.807, 2.05) is 6.92 Å². The molecule has 1 aliphatic heterocycles. The van der Waals surface area contributed by atoms with E-state index in [-0.39, 0.29) is 37.9 Å². The van der Waals surface area contributed by atoms with Crippen LogP contribution in [0.4, 0.5) is 4.39 Å². The zero-order valence-electron chi connectivity index (χ0n) is 15.5. The van der Waals surface area contributed by atoms with Crippen LogP contribution in [0.15, 0.2) is 23.1 Å². The lowest BCUT2D eigenvalue weighted by Crippen LogP contribution is -2.41. The molecule has 0 aromatic heterocycles. The topological polar surface area (TPSA) is 75.7 Å². The van der Waals surface area contributed by atoms with Crippen molar-refractivity contribution in [2.75, 3.05) is 26.3 Å². The van der Waals surface area contributed by atoms with Crippen molar-refractivity contribution in [1.29, 1.82) is 0 Å². The molecule has 1 unspecified atom stereocenters. The smallest absolute Gasteiger partial charge is 0.251 e. The van der Waals surface area contributed by atoms with Crippen LogP contribution in [-0.2, 0) is 14.8 Å². The number of nitrogens with zero attached hydrogens (tertiary/aromatic N) is 1. The van der Waals surface area contributed by atoms with Crippen molar-refractivity contribution in [1.82, 2.24) is 9.62 Å². The predicted octanol–water partition coefficient (Wildman–Crippen LogP) is 2.40. The molecule has 1 saturated heterocycles. The van der Waals surface area contributed by atoms with Gasteiger partial charge in [-0.05, 0) is 43.9 Å². The Balaban J connectivity index is 2.17. The van der Waals surface area contributed by atoms with Gasteiger partial charge in [0.05, 0.1) is 13.2 Å². The molecule has 1 amide bonds. The van der Waals surface area contributed by atoms with E-state index >= 15 is 0 Å². The summed E-state index contributed by atoms with van der Waals surface area (Å²) in [5.74, 6) is -0.731. The summed E-state index contributed by atoms with van der Waals surface area (Å²) in [6.07, 6.45) is 1.80. The molecule has 1 aliphatic rings. The van der Waals surface area contributed by atoms with Gasteiger partial charge in [-0.15, -0.1) is 0 Å². The quantitative estimate of drug-likeness (QED) is 0.781. The van der Waals surface area contributed by atoms with E-state index < -0.39 is 26.6 Å². The fraction of sp³-hybridized carbons (Fsp3) is 0.611. The van der Waals surface area contributed by atoms with Crippen LogP contribution >= 0.6 is 0 Å². The first kappa shape index (κ1) is 20.8. The Morgan fingerprint density at radius 2 is 1.88 bits per heavy atom. The fourth-order valence-electron chi connectivity index (χ4n) is 2.73. The summed E-state index contributed by atoms with van der Waals surface area (Å²) < 4.78 is 45.9. The Kier molecular flexibility index (Phi) is 7.14. The van der Waals surface area contributed by atoms with E-state index in [1.54, 1.807) is 0 Å². The number of sulfonamides is 1. The minimum Gasteiger partial charge on any atom is -0.379 e. The predicted molar refractivity (Wildman–Crippen MR) is 97.0 cm³/mol. The Hall–Kier alpha value is -1.51. The van der Waals surface area contributed by atoms with Gasteiger partial charge in [-0.3, -0.25) is 4.79 Å². The van der Waals surface area contributed by atoms with Crippen LogP contribution < -0.4 is 5.32 Å². The molecule has 26 heavy (non-hydrogen) atoms. The number of carbonyl (C=O) groups excluding carboxylic acids is 1. The Bertz CT molecular complexity index is 731. The van der Waals surface area contributed by atoms with Crippen LogP contribution in [0.25, 0.3) is 0 Å². The molecule has 6 nitrogen and oxygen atoms in total. The Labute approximate surface area is 154 Å². The van der Waals surface area contributed by atoms with Gasteiger partial charge in [-0.1, -0.05) is 13.8 Å². The van der Waals surface area contributed by atoms with Crippen molar-refractivity contribution in [3.63, 3.8) is 0 Å². The molecule has 0 saturated carbocycles. The molecule has 1 heterocycles. The third-order valence-electron chi connectivity index (χ3n) is 4.34. The third-order valence-corrected chi connectivity index (χ3v) is 6.25. The zero-order chi connectivity index (χ0) is 19.3. The number of hydrogen-bond donors (Lipinski definition) is 1. The van der Waals surface area contributed by atoms with Gasteiger partial charge in [0, 0.05) is 24.7 Å². The van der Waals surface area contributed by atoms with Gasteiger partial charge in [-0.25, -0.2) is 12.8 Å². The summed E-state index contributed by atoms with van der Waals surface area (Å²) in [7, 11) is -4.00. The number of ether oxygens (including phenoxy) is 1. The molecule has 2 rings (SSSR count). The second-order valence-corrected chi connectivity index (χ2v) is 8.91. The summed E-state index contributed by atoms with van der Waals surface area (Å²) in [5.41, 5.74) is 0.134. The fourth-order valence-corrected chi connectivity index (χ4v) is 4.23. The van der Waals surface area contributed by atoms with Crippen LogP contribution in [0.5, 0.6) is 0 Å². The first-order valence-electron chi connectivity index (χ1n) is 8.90. The van der Waals surface area contributed by atoms with E-state index in [1.165, 1.54) is 10.4 Å². The number of nitrogens with one attached hydrogen (secondary N) is 1. The molecule has 0 bridgehead atoms. The largest absolute Gasteiger partial charge is 0.379 e. The summed E-state index contributed by atoms with van der Waals surface area (Å²) in [6, 6.07) is 3.40. The van der Waals surface area contributed by atoms with E-state index in [0.29, 0.717) is 5.92 Å². The van der Waals surface area contributed by atoms with Gasteiger partial charge < -0.3 is 10.1 Å². The van der Waals surface area contributed by atoms with Crippen molar-refractivity contribution >= 4 is 15.9 Å². The molecule has 1 aromatic rings. The van der Waals surface area contributed by atoms with Crippen molar-refractivity contribution in [3.05, 3.63) is 29.6 Å². The highest BCUT2D eigenvalue weighted by molar-refractivity contribution is 7.89. The maximum Gasteiger partial charge on any atom is 0.251 e. The number of hydrogen-bond acceptors (Lipinski definition) is 4. The number of rotatable bonds is 7. The summed E-state index contributed by atoms with van der Waals surface area (Å²) in [4.78, 5) is 11.9. The van der Waals surface area contributed by atoms with Crippen molar-refractivity contribution < 1.29 is 22.3 Å². The van der Waals surface area contributed by atoms with Gasteiger partial charge in [0.15, 0.2) is 0 Å². The lowest BCUT2D eigenvalue weighted by molar-refractivity contribution is 0.0729. The molecule has 1 atom stereocenters. The normalized spacial score (nSPS) is 17.3. The molecule has 1 N–H and O–H groups in total. The Morgan fingerprint density at radius 3 is 2.50 bits per heavy atom. The van der Waals surface area contributed by atoms with Crippen LogP contribution in [0, 0.1) is 11.7 Å². The lowest BCUT2D eigenvalue weighted by Gasteiger charge is -2.26. The van der Waals surface area contributed by atoms with E-state index in [0.717, 1.165) is 25.0 Å². The third kappa shape index (κ3) is 5.25. The maximum atomic E-state index is 14.2. The summed E-state index contributed by atoms with van der Waals surface area (Å²) in [6.45, 7) is 7.00. The molecule has 146 valence electrons. The molecule has 0 spiro atoms. The molecule has 0 radical (unpaired) electrons. The van der Waals surface area contributed by atoms with Crippen molar-refractivity contribution in [3.8, 4) is 0 Å². The Morgan fingerprint density at radius 1 is 1.23 bits per heavy atom. The number of halogens is 1. The molecule has 1 fully saturated rings. The number of benzene rings is 1. The average molecular weight is 386 g/mol. The molecular formula is C18H27FN2O4S. The van der Waals surface area contributed by atoms with Crippen molar-refractivity contribution in [2.45, 2.75) is 44.6 Å². The lowest BCUT2D eigenvalue weighted by atomic mass is 10.0. The zero-order valence-corrected chi connectivity index (χ0v) is 16.3. The van der Waals surface area contributed by atoms with Gasteiger partial charge in [0.1, 0.15) is 10.7 Å². The van der Waals surface area contributed by atoms with Gasteiger partial charge >= 0.3 is 0 Å². The standard InChI is InChI=1S/C18H27FN2O4S/c1-13(2)4-5-14(3)20-18(22)15-6-7-16(19)17(12-15)26(23,24)21-8-10-25-11-9-21/h6-7,12-14H,4-5,8-11H2,1-3H3,(H,20,22). The second kappa shape index (κ2) is 8.92. The summed E-state index contributed by atoms with van der Waals surface area (Å²) >= 11 is 0. The molecule has 0 aliphatic carbocycles. The molecular weight excluding hydrogens is 359 g/mol. The highest BCUT2D eigenvalue weighted by Crippen LogP contribution is 2.22. The molecule has 1 aromatic carbocycles. The average Bonchev–Trinajstić information content (AvgIpc) is 2.60. The first-order chi connectivity index (χ1) is 12.2. The van der Waals surface area contributed by atoms with Crippen LogP contribution in [-0.4, -0.2) is 51.0 Å². The van der Waals surface area contributed by atoms with E-state index in [2.05, 4.69) is 19.2 Å².